The maximum Gasteiger partial charge on any atom is 0.416 e. The maximum absolute atomic E-state index is 13.8. The van der Waals surface area contributed by atoms with Crippen LogP contribution in [0.5, 0.6) is 5.88 Å². The Balaban J connectivity index is 1.42. The number of carbonyl (C=O) groups is 1. The Morgan fingerprint density at radius 1 is 0.961 bits per heavy atom. The number of aromatic nitrogens is 5. The lowest BCUT2D eigenvalue weighted by molar-refractivity contribution is -0.143. The highest BCUT2D eigenvalue weighted by Crippen LogP contribution is 2.42. The van der Waals surface area contributed by atoms with Gasteiger partial charge < -0.3 is 14.4 Å². The summed E-state index contributed by atoms with van der Waals surface area (Å²) in [6, 6.07) is 1.90. The van der Waals surface area contributed by atoms with Gasteiger partial charge in [-0.3, -0.25) is 9.58 Å². The van der Waals surface area contributed by atoms with E-state index in [-0.39, 0.29) is 43.2 Å². The van der Waals surface area contributed by atoms with E-state index in [9.17, 15) is 35.5 Å². The number of benzene rings is 1. The minimum Gasteiger partial charge on any atom is -0.481 e. The molecule has 1 aromatic carbocycles. The van der Waals surface area contributed by atoms with Crippen molar-refractivity contribution < 1.29 is 45.0 Å². The third-order valence-electron chi connectivity index (χ3n) is 9.07. The molecule has 4 aromatic rings. The standard InChI is InChI=1S/C34H34F7N7O3/c1-6-7-48-18(3)28(17(2)45-48)21-10-25(30(50-5)42-12-21)26-13-43-31(46-14-24(35)15-46)44-27(26)16-47-19(4)29(51-32(47)49)20-8-22(33(36,37)38)11-23(9-20)34(39,40)41/h8-13,19,24,29H,6-7,14-16H2,1-5H3. The molecular weight excluding hydrogens is 687 g/mol. The Labute approximate surface area is 288 Å². The fraction of sp³-hybridized carbons (Fsp3) is 0.441. The Morgan fingerprint density at radius 3 is 2.22 bits per heavy atom. The number of pyridine rings is 1. The molecule has 0 saturated carbocycles. The summed E-state index contributed by atoms with van der Waals surface area (Å²) >= 11 is 0. The number of hydrogen-bond donors (Lipinski definition) is 0. The summed E-state index contributed by atoms with van der Waals surface area (Å²) in [4.78, 5) is 29.7. The second kappa shape index (κ2) is 13.3. The van der Waals surface area contributed by atoms with Crippen LogP contribution in [0, 0.1) is 13.8 Å². The normalized spacial score (nSPS) is 18.3. The van der Waals surface area contributed by atoms with E-state index in [2.05, 4.69) is 20.1 Å². The van der Waals surface area contributed by atoms with Gasteiger partial charge in [0.2, 0.25) is 11.8 Å². The number of hydrogen-bond acceptors (Lipinski definition) is 8. The van der Waals surface area contributed by atoms with Gasteiger partial charge in [0.25, 0.3) is 0 Å². The molecule has 51 heavy (non-hydrogen) atoms. The molecule has 2 fully saturated rings. The molecule has 17 heteroatoms. The third-order valence-corrected chi connectivity index (χ3v) is 9.07. The number of anilines is 1. The van der Waals surface area contributed by atoms with Crippen LogP contribution in [-0.4, -0.2) is 68.1 Å². The Bertz CT molecular complexity index is 1930. The monoisotopic (exact) mass is 721 g/mol. The molecule has 0 bridgehead atoms. The lowest BCUT2D eigenvalue weighted by Crippen LogP contribution is -2.49. The molecular formula is C34H34F7N7O3. The number of cyclic esters (lactones) is 1. The van der Waals surface area contributed by atoms with Gasteiger partial charge in [-0.15, -0.1) is 0 Å². The summed E-state index contributed by atoms with van der Waals surface area (Å²) in [6.07, 6.45) is -9.71. The average molecular weight is 722 g/mol. The van der Waals surface area contributed by atoms with Gasteiger partial charge >= 0.3 is 18.4 Å². The Kier molecular flexibility index (Phi) is 9.35. The van der Waals surface area contributed by atoms with E-state index >= 15 is 0 Å². The molecule has 6 rings (SSSR count). The van der Waals surface area contributed by atoms with Crippen molar-refractivity contribution in [1.82, 2.24) is 29.6 Å². The summed E-state index contributed by atoms with van der Waals surface area (Å²) in [7, 11) is 1.42. The molecule has 2 unspecified atom stereocenters. The molecule has 0 aliphatic carbocycles. The first kappa shape index (κ1) is 35.9. The first-order chi connectivity index (χ1) is 24.0. The molecule has 10 nitrogen and oxygen atoms in total. The van der Waals surface area contributed by atoms with Gasteiger partial charge in [-0.25, -0.2) is 24.1 Å². The summed E-state index contributed by atoms with van der Waals surface area (Å²) < 4.78 is 109. The van der Waals surface area contributed by atoms with Gasteiger partial charge in [-0.1, -0.05) is 6.92 Å². The van der Waals surface area contributed by atoms with Crippen LogP contribution in [0.4, 0.5) is 41.5 Å². The second-order valence-corrected chi connectivity index (χ2v) is 12.6. The molecule has 2 saturated heterocycles. The Morgan fingerprint density at radius 2 is 1.63 bits per heavy atom. The van der Waals surface area contributed by atoms with Crippen LogP contribution >= 0.6 is 0 Å². The van der Waals surface area contributed by atoms with Crippen LogP contribution in [0.2, 0.25) is 0 Å². The first-order valence-corrected chi connectivity index (χ1v) is 16.1. The number of ether oxygens (including phenoxy) is 2. The number of aryl methyl sites for hydroxylation is 2. The minimum atomic E-state index is -5.09. The van der Waals surface area contributed by atoms with Gasteiger partial charge in [0.1, 0.15) is 12.3 Å². The van der Waals surface area contributed by atoms with E-state index in [0.717, 1.165) is 28.3 Å². The van der Waals surface area contributed by atoms with Crippen LogP contribution in [0.1, 0.15) is 60.1 Å². The smallest absolute Gasteiger partial charge is 0.416 e. The number of amides is 1. The van der Waals surface area contributed by atoms with Crippen LogP contribution in [0.15, 0.2) is 36.7 Å². The lowest BCUT2D eigenvalue weighted by Gasteiger charge is -2.34. The molecule has 0 spiro atoms. The van der Waals surface area contributed by atoms with E-state index in [1.165, 1.54) is 20.2 Å². The molecule has 0 N–H and O–H groups in total. The maximum atomic E-state index is 13.8. The fourth-order valence-electron chi connectivity index (χ4n) is 6.45. The van der Waals surface area contributed by atoms with Crippen molar-refractivity contribution in [2.24, 2.45) is 0 Å². The SMILES string of the molecule is CCCn1nc(C)c(-c2cnc(OC)c(-c3cnc(N4CC(F)C4)nc3CN3C(=O)OC(c4cc(C(F)(F)F)cc(C(F)(F)F)c4)C3C)c2)c1C. The van der Waals surface area contributed by atoms with E-state index in [1.807, 2.05) is 31.5 Å². The summed E-state index contributed by atoms with van der Waals surface area (Å²) in [5.74, 6) is 0.363. The quantitative estimate of drug-likeness (QED) is 0.162. The number of alkyl halides is 7. The first-order valence-electron chi connectivity index (χ1n) is 16.1. The van der Waals surface area contributed by atoms with Crippen molar-refractivity contribution in [2.75, 3.05) is 25.1 Å². The van der Waals surface area contributed by atoms with Crippen molar-refractivity contribution >= 4 is 12.0 Å². The van der Waals surface area contributed by atoms with Crippen LogP contribution in [0.25, 0.3) is 22.3 Å². The molecule has 2 aliphatic heterocycles. The van der Waals surface area contributed by atoms with E-state index in [4.69, 9.17) is 9.47 Å². The minimum absolute atomic E-state index is 0.0164. The number of carbonyl (C=O) groups excluding carboxylic acids is 1. The third kappa shape index (κ3) is 6.89. The average Bonchev–Trinajstić information content (AvgIpc) is 3.50. The van der Waals surface area contributed by atoms with Crippen molar-refractivity contribution in [1.29, 1.82) is 0 Å². The molecule has 272 valence electrons. The molecule has 1 amide bonds. The number of nitrogens with zero attached hydrogens (tertiary/aromatic N) is 7. The van der Waals surface area contributed by atoms with Crippen molar-refractivity contribution in [3.05, 3.63) is 70.4 Å². The highest BCUT2D eigenvalue weighted by Gasteiger charge is 2.44. The molecule has 0 radical (unpaired) electrons. The number of rotatable bonds is 9. The predicted octanol–water partition coefficient (Wildman–Crippen LogP) is 7.72. The largest absolute Gasteiger partial charge is 0.481 e. The molecule has 2 atom stereocenters. The highest BCUT2D eigenvalue weighted by atomic mass is 19.4. The summed E-state index contributed by atoms with van der Waals surface area (Å²) in [5, 5.41) is 4.66. The van der Waals surface area contributed by atoms with Crippen molar-refractivity contribution in [2.45, 2.75) is 77.9 Å². The van der Waals surface area contributed by atoms with Gasteiger partial charge in [-0.2, -0.15) is 31.4 Å². The van der Waals surface area contributed by atoms with Crippen molar-refractivity contribution in [3.63, 3.8) is 0 Å². The van der Waals surface area contributed by atoms with Gasteiger partial charge in [0.15, 0.2) is 0 Å². The van der Waals surface area contributed by atoms with Crippen LogP contribution in [0.3, 0.4) is 0 Å². The van der Waals surface area contributed by atoms with E-state index in [0.29, 0.717) is 35.4 Å². The molecule has 5 heterocycles. The summed E-state index contributed by atoms with van der Waals surface area (Å²) in [6.45, 7) is 7.83. The van der Waals surface area contributed by atoms with E-state index < -0.39 is 53.5 Å². The van der Waals surface area contributed by atoms with E-state index in [1.54, 1.807) is 11.1 Å². The van der Waals surface area contributed by atoms with Gasteiger partial charge in [-0.05, 0) is 57.0 Å². The van der Waals surface area contributed by atoms with Gasteiger partial charge in [0.05, 0.1) is 55.3 Å². The van der Waals surface area contributed by atoms with Crippen LogP contribution < -0.4 is 9.64 Å². The topological polar surface area (TPSA) is 98.5 Å². The predicted molar refractivity (Wildman–Crippen MR) is 171 cm³/mol. The van der Waals surface area contributed by atoms with Gasteiger partial charge in [0, 0.05) is 46.9 Å². The zero-order chi connectivity index (χ0) is 37.0. The lowest BCUT2D eigenvalue weighted by atomic mass is 9.97. The van der Waals surface area contributed by atoms with Crippen molar-refractivity contribution in [3.8, 4) is 28.1 Å². The second-order valence-electron chi connectivity index (χ2n) is 12.6. The van der Waals surface area contributed by atoms with Crippen LogP contribution in [-0.2, 0) is 30.2 Å². The summed E-state index contributed by atoms with van der Waals surface area (Å²) in [5.41, 5.74) is 0.784. The number of halogens is 7. The fourth-order valence-corrected chi connectivity index (χ4v) is 6.45. The number of methoxy groups -OCH3 is 1. The Hall–Kier alpha value is -4.96. The molecule has 3 aromatic heterocycles. The molecule has 2 aliphatic rings. The zero-order valence-corrected chi connectivity index (χ0v) is 28.2. The zero-order valence-electron chi connectivity index (χ0n) is 28.2. The highest BCUT2D eigenvalue weighted by molar-refractivity contribution is 5.79.